The molecule has 0 saturated carbocycles. The van der Waals surface area contributed by atoms with Gasteiger partial charge < -0.3 is 14.6 Å². The van der Waals surface area contributed by atoms with Crippen LogP contribution in [0.4, 0.5) is 0 Å². The molecule has 1 atom stereocenters. The maximum atomic E-state index is 12.2. The lowest BCUT2D eigenvalue weighted by molar-refractivity contribution is -0.121. The van der Waals surface area contributed by atoms with Gasteiger partial charge in [0.25, 0.3) is 0 Å². The van der Waals surface area contributed by atoms with Gasteiger partial charge in [0.1, 0.15) is 0 Å². The van der Waals surface area contributed by atoms with Crippen molar-refractivity contribution in [2.75, 3.05) is 20.6 Å². The van der Waals surface area contributed by atoms with Gasteiger partial charge in [-0.15, -0.1) is 21.5 Å². The van der Waals surface area contributed by atoms with E-state index in [0.717, 1.165) is 5.56 Å². The molecular formula is C20H24N4O2S. The van der Waals surface area contributed by atoms with Gasteiger partial charge in [-0.05, 0) is 44.1 Å². The SMILES string of the molecule is CN(C)C(CNC(=O)CCCc1nnc(-c2ccccc2)o1)c1cccs1. The molecule has 0 bridgehead atoms. The molecule has 27 heavy (non-hydrogen) atoms. The van der Waals surface area contributed by atoms with Crippen molar-refractivity contribution < 1.29 is 9.21 Å². The Labute approximate surface area is 163 Å². The summed E-state index contributed by atoms with van der Waals surface area (Å²) in [7, 11) is 4.05. The number of nitrogens with one attached hydrogen (secondary N) is 1. The van der Waals surface area contributed by atoms with Crippen LogP contribution < -0.4 is 5.32 Å². The minimum atomic E-state index is 0.0428. The maximum absolute atomic E-state index is 12.2. The second kappa shape index (κ2) is 9.43. The number of rotatable bonds is 9. The highest BCUT2D eigenvalue weighted by atomic mass is 32.1. The van der Waals surface area contributed by atoms with Gasteiger partial charge in [0.15, 0.2) is 0 Å². The van der Waals surface area contributed by atoms with E-state index in [9.17, 15) is 4.79 Å². The Bertz CT molecular complexity index is 831. The Morgan fingerprint density at radius 1 is 1.19 bits per heavy atom. The van der Waals surface area contributed by atoms with Gasteiger partial charge in [0, 0.05) is 29.8 Å². The first-order valence-electron chi connectivity index (χ1n) is 8.98. The number of carbonyl (C=O) groups is 1. The van der Waals surface area contributed by atoms with Crippen LogP contribution >= 0.6 is 11.3 Å². The number of hydrogen-bond donors (Lipinski definition) is 1. The van der Waals surface area contributed by atoms with Crippen molar-refractivity contribution in [3.8, 4) is 11.5 Å². The molecule has 1 N–H and O–H groups in total. The summed E-state index contributed by atoms with van der Waals surface area (Å²) in [6.45, 7) is 0.602. The van der Waals surface area contributed by atoms with Crippen LogP contribution in [-0.2, 0) is 11.2 Å². The highest BCUT2D eigenvalue weighted by Gasteiger charge is 2.16. The highest BCUT2D eigenvalue weighted by Crippen LogP contribution is 2.22. The summed E-state index contributed by atoms with van der Waals surface area (Å²) in [5.74, 6) is 1.12. The first kappa shape index (κ1) is 19.3. The number of benzene rings is 1. The van der Waals surface area contributed by atoms with E-state index < -0.39 is 0 Å². The topological polar surface area (TPSA) is 71.3 Å². The smallest absolute Gasteiger partial charge is 0.247 e. The molecule has 0 fully saturated rings. The largest absolute Gasteiger partial charge is 0.421 e. The Kier molecular flexibility index (Phi) is 6.73. The average molecular weight is 385 g/mol. The predicted octanol–water partition coefficient (Wildman–Crippen LogP) is 3.54. The van der Waals surface area contributed by atoms with Gasteiger partial charge in [0.05, 0.1) is 6.04 Å². The van der Waals surface area contributed by atoms with E-state index in [1.165, 1.54) is 4.88 Å². The Morgan fingerprint density at radius 2 is 2.00 bits per heavy atom. The zero-order valence-corrected chi connectivity index (χ0v) is 16.4. The molecule has 2 aromatic heterocycles. The summed E-state index contributed by atoms with van der Waals surface area (Å²) in [5.41, 5.74) is 0.900. The second-order valence-corrected chi connectivity index (χ2v) is 7.50. The van der Waals surface area contributed by atoms with Crippen molar-refractivity contribution in [2.45, 2.75) is 25.3 Å². The monoisotopic (exact) mass is 384 g/mol. The molecule has 0 saturated heterocycles. The molecule has 7 heteroatoms. The summed E-state index contributed by atoms with van der Waals surface area (Å²) >= 11 is 1.71. The maximum Gasteiger partial charge on any atom is 0.247 e. The second-order valence-electron chi connectivity index (χ2n) is 6.52. The molecule has 6 nitrogen and oxygen atoms in total. The molecular weight excluding hydrogens is 360 g/mol. The van der Waals surface area contributed by atoms with Crippen LogP contribution in [0.1, 0.15) is 29.7 Å². The van der Waals surface area contributed by atoms with E-state index >= 15 is 0 Å². The van der Waals surface area contributed by atoms with E-state index in [4.69, 9.17) is 4.42 Å². The highest BCUT2D eigenvalue weighted by molar-refractivity contribution is 7.10. The summed E-state index contributed by atoms with van der Waals surface area (Å²) in [6.07, 6.45) is 1.71. The number of hydrogen-bond acceptors (Lipinski definition) is 6. The quantitative estimate of drug-likeness (QED) is 0.611. The van der Waals surface area contributed by atoms with Crippen molar-refractivity contribution in [3.05, 3.63) is 58.6 Å². The van der Waals surface area contributed by atoms with Crippen LogP contribution in [0.5, 0.6) is 0 Å². The molecule has 1 unspecified atom stereocenters. The number of nitrogens with zero attached hydrogens (tertiary/aromatic N) is 3. The predicted molar refractivity (Wildman–Crippen MR) is 106 cm³/mol. The fourth-order valence-corrected chi connectivity index (χ4v) is 3.69. The fourth-order valence-electron chi connectivity index (χ4n) is 2.77. The number of carbonyl (C=O) groups excluding carboxylic acids is 1. The summed E-state index contributed by atoms with van der Waals surface area (Å²) in [6, 6.07) is 14.0. The van der Waals surface area contributed by atoms with Crippen LogP contribution in [0.25, 0.3) is 11.5 Å². The molecule has 0 aliphatic carbocycles. The van der Waals surface area contributed by atoms with Crippen molar-refractivity contribution in [2.24, 2.45) is 0 Å². The third kappa shape index (κ3) is 5.48. The Balaban J connectivity index is 1.43. The van der Waals surface area contributed by atoms with Crippen molar-refractivity contribution in [1.82, 2.24) is 20.4 Å². The zero-order chi connectivity index (χ0) is 19.1. The lowest BCUT2D eigenvalue weighted by atomic mass is 10.2. The van der Waals surface area contributed by atoms with Crippen LogP contribution in [-0.4, -0.2) is 41.6 Å². The molecule has 0 spiro atoms. The molecule has 1 aromatic carbocycles. The van der Waals surface area contributed by atoms with Crippen LogP contribution in [0, 0.1) is 0 Å². The fraction of sp³-hybridized carbons (Fsp3) is 0.350. The normalized spacial score (nSPS) is 12.3. The molecule has 0 radical (unpaired) electrons. The number of aromatic nitrogens is 2. The van der Waals surface area contributed by atoms with Gasteiger partial charge in [-0.25, -0.2) is 0 Å². The average Bonchev–Trinajstić information content (AvgIpc) is 3.35. The third-order valence-corrected chi connectivity index (χ3v) is 5.24. The minimum Gasteiger partial charge on any atom is -0.421 e. The van der Waals surface area contributed by atoms with Crippen LogP contribution in [0.3, 0.4) is 0 Å². The summed E-state index contributed by atoms with van der Waals surface area (Å²) in [5, 5.41) is 13.2. The lowest BCUT2D eigenvalue weighted by Gasteiger charge is -2.23. The molecule has 142 valence electrons. The van der Waals surface area contributed by atoms with E-state index in [0.29, 0.717) is 37.6 Å². The van der Waals surface area contributed by atoms with Gasteiger partial charge in [-0.2, -0.15) is 0 Å². The van der Waals surface area contributed by atoms with E-state index in [-0.39, 0.29) is 11.9 Å². The van der Waals surface area contributed by atoms with Gasteiger partial charge in [-0.1, -0.05) is 24.3 Å². The van der Waals surface area contributed by atoms with Gasteiger partial charge in [0.2, 0.25) is 17.7 Å². The zero-order valence-electron chi connectivity index (χ0n) is 15.6. The standard InChI is InChI=1S/C20H24N4O2S/c1-24(2)16(17-10-7-13-27-17)14-21-18(25)11-6-12-19-22-23-20(26-19)15-8-4-3-5-9-15/h3-5,7-10,13,16H,6,11-12,14H2,1-2H3,(H,21,25). The number of thiophene rings is 1. The van der Waals surface area contributed by atoms with E-state index in [2.05, 4.69) is 31.9 Å². The molecule has 0 aliphatic heterocycles. The first-order valence-corrected chi connectivity index (χ1v) is 9.86. The minimum absolute atomic E-state index is 0.0428. The Hall–Kier alpha value is -2.51. The van der Waals surface area contributed by atoms with Crippen LogP contribution in [0.15, 0.2) is 52.3 Å². The molecule has 3 aromatic rings. The molecule has 1 amide bonds. The Morgan fingerprint density at radius 3 is 2.70 bits per heavy atom. The van der Waals surface area contributed by atoms with Gasteiger partial charge >= 0.3 is 0 Å². The molecule has 2 heterocycles. The number of aryl methyl sites for hydroxylation is 1. The number of amides is 1. The third-order valence-electron chi connectivity index (χ3n) is 4.27. The van der Waals surface area contributed by atoms with E-state index in [1.807, 2.05) is 50.5 Å². The summed E-state index contributed by atoms with van der Waals surface area (Å²) in [4.78, 5) is 15.5. The molecule has 3 rings (SSSR count). The molecule has 0 aliphatic rings. The van der Waals surface area contributed by atoms with Crippen molar-refractivity contribution >= 4 is 17.2 Å². The van der Waals surface area contributed by atoms with E-state index in [1.54, 1.807) is 11.3 Å². The van der Waals surface area contributed by atoms with Crippen molar-refractivity contribution in [3.63, 3.8) is 0 Å². The lowest BCUT2D eigenvalue weighted by Crippen LogP contribution is -2.34. The van der Waals surface area contributed by atoms with Crippen LogP contribution in [0.2, 0.25) is 0 Å². The van der Waals surface area contributed by atoms with Gasteiger partial charge in [-0.3, -0.25) is 4.79 Å². The summed E-state index contributed by atoms with van der Waals surface area (Å²) < 4.78 is 5.67. The first-order chi connectivity index (χ1) is 13.1. The van der Waals surface area contributed by atoms with Crippen molar-refractivity contribution in [1.29, 1.82) is 0 Å². The number of likely N-dealkylation sites (N-methyl/N-ethyl adjacent to an activating group) is 1.